The molecule has 1 fully saturated rings. The predicted octanol–water partition coefficient (Wildman–Crippen LogP) is 2.31. The van der Waals surface area contributed by atoms with Crippen LogP contribution in [0.4, 0.5) is 0 Å². The lowest BCUT2D eigenvalue weighted by Crippen LogP contribution is -2.40. The van der Waals surface area contributed by atoms with E-state index >= 15 is 0 Å². The first-order chi connectivity index (χ1) is 11.1. The van der Waals surface area contributed by atoms with Crippen molar-refractivity contribution in [1.82, 2.24) is 5.32 Å². The Bertz CT molecular complexity index is 566. The monoisotopic (exact) mass is 321 g/mol. The van der Waals surface area contributed by atoms with Crippen LogP contribution in [0.2, 0.25) is 0 Å². The zero-order chi connectivity index (χ0) is 16.8. The van der Waals surface area contributed by atoms with Gasteiger partial charge in [0.2, 0.25) is 0 Å². The molecule has 0 heterocycles. The molecule has 1 saturated carbocycles. The maximum Gasteiger partial charge on any atom is 0.342 e. The molecule has 0 radical (unpaired) electrons. The van der Waals surface area contributed by atoms with Gasteiger partial charge in [-0.2, -0.15) is 0 Å². The zero-order valence-corrected chi connectivity index (χ0v) is 13.8. The van der Waals surface area contributed by atoms with E-state index in [1.807, 2.05) is 0 Å². The van der Waals surface area contributed by atoms with E-state index in [2.05, 4.69) is 5.32 Å². The molecule has 0 saturated heterocycles. The quantitative estimate of drug-likeness (QED) is 0.814. The van der Waals surface area contributed by atoms with E-state index < -0.39 is 12.1 Å². The summed E-state index contributed by atoms with van der Waals surface area (Å²) in [6.07, 6.45) is 3.35. The van der Waals surface area contributed by atoms with Crippen molar-refractivity contribution in [2.75, 3.05) is 14.2 Å². The smallest absolute Gasteiger partial charge is 0.342 e. The average molecular weight is 321 g/mol. The molecule has 2 rings (SSSR count). The van der Waals surface area contributed by atoms with Crippen molar-refractivity contribution >= 4 is 11.9 Å². The van der Waals surface area contributed by atoms with Crippen molar-refractivity contribution in [3.8, 4) is 11.5 Å². The van der Waals surface area contributed by atoms with Crippen molar-refractivity contribution in [3.63, 3.8) is 0 Å². The summed E-state index contributed by atoms with van der Waals surface area (Å²) in [5.74, 6) is -0.157. The number of hydrogen-bond acceptors (Lipinski definition) is 5. The Morgan fingerprint density at radius 2 is 1.87 bits per heavy atom. The van der Waals surface area contributed by atoms with Crippen molar-refractivity contribution in [2.45, 2.75) is 44.8 Å². The van der Waals surface area contributed by atoms with E-state index in [4.69, 9.17) is 14.2 Å². The number of nitrogens with one attached hydrogen (secondary N) is 1. The van der Waals surface area contributed by atoms with Crippen molar-refractivity contribution < 1.29 is 23.8 Å². The van der Waals surface area contributed by atoms with Gasteiger partial charge in [0.1, 0.15) is 5.56 Å². The molecule has 1 amide bonds. The van der Waals surface area contributed by atoms with Crippen LogP contribution in [-0.4, -0.2) is 38.2 Å². The average Bonchev–Trinajstić information content (AvgIpc) is 3.06. The highest BCUT2D eigenvalue weighted by Crippen LogP contribution is 2.31. The highest BCUT2D eigenvalue weighted by Gasteiger charge is 2.25. The minimum absolute atomic E-state index is 0.190. The molecular formula is C17H23NO5. The minimum Gasteiger partial charge on any atom is -0.493 e. The number of benzene rings is 1. The van der Waals surface area contributed by atoms with Gasteiger partial charge >= 0.3 is 5.97 Å². The fourth-order valence-corrected chi connectivity index (χ4v) is 2.71. The third kappa shape index (κ3) is 4.15. The Morgan fingerprint density at radius 1 is 1.17 bits per heavy atom. The van der Waals surface area contributed by atoms with Crippen LogP contribution in [-0.2, 0) is 9.53 Å². The Balaban J connectivity index is 2.01. The lowest BCUT2D eigenvalue weighted by Gasteiger charge is -2.18. The lowest BCUT2D eigenvalue weighted by atomic mass is 10.2. The Labute approximate surface area is 136 Å². The molecule has 0 aromatic heterocycles. The molecule has 1 unspecified atom stereocenters. The summed E-state index contributed by atoms with van der Waals surface area (Å²) in [7, 11) is 2.94. The minimum atomic E-state index is -0.862. The third-order valence-electron chi connectivity index (χ3n) is 3.98. The zero-order valence-electron chi connectivity index (χ0n) is 13.8. The molecule has 0 aliphatic heterocycles. The molecule has 0 bridgehead atoms. The number of esters is 1. The molecule has 1 N–H and O–H groups in total. The maximum absolute atomic E-state index is 12.3. The molecular weight excluding hydrogens is 298 g/mol. The van der Waals surface area contributed by atoms with Crippen LogP contribution in [0.3, 0.4) is 0 Å². The normalized spacial score (nSPS) is 15.8. The van der Waals surface area contributed by atoms with Gasteiger partial charge < -0.3 is 19.5 Å². The standard InChI is InChI=1S/C17H23NO5/c1-11(16(19)18-12-7-4-5-8-12)23-17(20)13-9-6-10-14(21-2)15(13)22-3/h6,9-12H,4-5,7-8H2,1-3H3,(H,18,19). The molecule has 1 aliphatic carbocycles. The second-order valence-electron chi connectivity index (χ2n) is 5.58. The maximum atomic E-state index is 12.3. The van der Waals surface area contributed by atoms with Gasteiger partial charge in [-0.1, -0.05) is 18.9 Å². The van der Waals surface area contributed by atoms with Crippen LogP contribution in [0.25, 0.3) is 0 Å². The van der Waals surface area contributed by atoms with Crippen molar-refractivity contribution in [3.05, 3.63) is 23.8 Å². The van der Waals surface area contributed by atoms with Crippen LogP contribution in [0, 0.1) is 0 Å². The first kappa shape index (κ1) is 17.1. The number of ether oxygens (including phenoxy) is 3. The number of hydrogen-bond donors (Lipinski definition) is 1. The Hall–Kier alpha value is -2.24. The van der Waals surface area contributed by atoms with Crippen LogP contribution < -0.4 is 14.8 Å². The fourth-order valence-electron chi connectivity index (χ4n) is 2.71. The molecule has 6 nitrogen and oxygen atoms in total. The lowest BCUT2D eigenvalue weighted by molar-refractivity contribution is -0.129. The van der Waals surface area contributed by atoms with Gasteiger partial charge in [-0.15, -0.1) is 0 Å². The highest BCUT2D eigenvalue weighted by molar-refractivity contribution is 5.95. The Kier molecular flexibility index (Phi) is 5.84. The molecule has 6 heteroatoms. The van der Waals surface area contributed by atoms with E-state index in [0.717, 1.165) is 25.7 Å². The van der Waals surface area contributed by atoms with Gasteiger partial charge in [-0.3, -0.25) is 4.79 Å². The summed E-state index contributed by atoms with van der Waals surface area (Å²) in [6.45, 7) is 1.56. The highest BCUT2D eigenvalue weighted by atomic mass is 16.6. The number of amides is 1. The third-order valence-corrected chi connectivity index (χ3v) is 3.98. The molecule has 1 aromatic rings. The molecule has 0 spiro atoms. The van der Waals surface area contributed by atoms with Gasteiger partial charge in [-0.25, -0.2) is 4.79 Å². The van der Waals surface area contributed by atoms with Crippen LogP contribution in [0.15, 0.2) is 18.2 Å². The first-order valence-electron chi connectivity index (χ1n) is 7.79. The fraction of sp³-hybridized carbons (Fsp3) is 0.529. The molecule has 1 atom stereocenters. The van der Waals surface area contributed by atoms with E-state index in [9.17, 15) is 9.59 Å². The van der Waals surface area contributed by atoms with E-state index in [1.54, 1.807) is 25.1 Å². The molecule has 23 heavy (non-hydrogen) atoms. The molecule has 1 aliphatic rings. The van der Waals surface area contributed by atoms with Gasteiger partial charge in [0.25, 0.3) is 5.91 Å². The number of carbonyl (C=O) groups is 2. The van der Waals surface area contributed by atoms with Gasteiger partial charge in [0.05, 0.1) is 14.2 Å². The number of methoxy groups -OCH3 is 2. The summed E-state index contributed by atoms with van der Waals surface area (Å²) in [4.78, 5) is 24.4. The van der Waals surface area contributed by atoms with Crippen molar-refractivity contribution in [1.29, 1.82) is 0 Å². The summed E-state index contributed by atoms with van der Waals surface area (Å²) < 4.78 is 15.6. The summed E-state index contributed by atoms with van der Waals surface area (Å²) in [5.41, 5.74) is 0.229. The SMILES string of the molecule is COc1cccc(C(=O)OC(C)C(=O)NC2CCCC2)c1OC. The van der Waals surface area contributed by atoms with Gasteiger partial charge in [0, 0.05) is 6.04 Å². The van der Waals surface area contributed by atoms with Gasteiger partial charge in [-0.05, 0) is 31.9 Å². The van der Waals surface area contributed by atoms with Gasteiger partial charge in [0.15, 0.2) is 17.6 Å². The largest absolute Gasteiger partial charge is 0.493 e. The van der Waals surface area contributed by atoms with Crippen LogP contribution in [0.1, 0.15) is 43.0 Å². The summed E-state index contributed by atoms with van der Waals surface area (Å²) in [5, 5.41) is 2.91. The van der Waals surface area contributed by atoms with E-state index in [1.165, 1.54) is 14.2 Å². The van der Waals surface area contributed by atoms with Crippen LogP contribution >= 0.6 is 0 Å². The Morgan fingerprint density at radius 3 is 2.48 bits per heavy atom. The number of rotatable bonds is 6. The second-order valence-corrected chi connectivity index (χ2v) is 5.58. The van der Waals surface area contributed by atoms with Crippen molar-refractivity contribution in [2.24, 2.45) is 0 Å². The van der Waals surface area contributed by atoms with Crippen LogP contribution in [0.5, 0.6) is 11.5 Å². The molecule has 1 aromatic carbocycles. The first-order valence-corrected chi connectivity index (χ1v) is 7.79. The number of para-hydroxylation sites is 1. The topological polar surface area (TPSA) is 73.9 Å². The summed E-state index contributed by atoms with van der Waals surface area (Å²) in [6, 6.07) is 5.12. The molecule has 126 valence electrons. The second kappa shape index (κ2) is 7.85. The predicted molar refractivity (Wildman–Crippen MR) is 84.8 cm³/mol. The van der Waals surface area contributed by atoms with E-state index in [0.29, 0.717) is 11.5 Å². The van der Waals surface area contributed by atoms with E-state index in [-0.39, 0.29) is 17.5 Å². The number of carbonyl (C=O) groups excluding carboxylic acids is 2. The summed E-state index contributed by atoms with van der Waals surface area (Å²) >= 11 is 0.